The quantitative estimate of drug-likeness (QED) is 0.881. The molecular formula is C15H16F3N3O. The number of carbonyl (C=O) groups excluding carboxylic acids is 1. The summed E-state index contributed by atoms with van der Waals surface area (Å²) in [5, 5.41) is 9.33. The van der Waals surface area contributed by atoms with Gasteiger partial charge < -0.3 is 5.32 Å². The molecule has 0 aliphatic carbocycles. The van der Waals surface area contributed by atoms with Crippen LogP contribution in [0.2, 0.25) is 0 Å². The number of benzene rings is 1. The molecule has 2 N–H and O–H groups in total. The van der Waals surface area contributed by atoms with Gasteiger partial charge in [0.15, 0.2) is 5.82 Å². The Labute approximate surface area is 125 Å². The number of rotatable bonds is 2. The minimum atomic E-state index is -4.42. The third-order valence-corrected chi connectivity index (χ3v) is 3.10. The van der Waals surface area contributed by atoms with E-state index in [1.807, 2.05) is 20.8 Å². The average Bonchev–Trinajstić information content (AvgIpc) is 2.86. The number of carbonyl (C=O) groups is 1. The Hall–Kier alpha value is -2.31. The topological polar surface area (TPSA) is 57.8 Å². The monoisotopic (exact) mass is 311 g/mol. The predicted molar refractivity (Wildman–Crippen MR) is 76.7 cm³/mol. The first-order valence-electron chi connectivity index (χ1n) is 6.62. The number of nitrogens with zero attached hydrogens (tertiary/aromatic N) is 1. The molecule has 1 aromatic carbocycles. The highest BCUT2D eigenvalue weighted by atomic mass is 19.4. The van der Waals surface area contributed by atoms with Crippen LogP contribution in [-0.4, -0.2) is 16.1 Å². The summed E-state index contributed by atoms with van der Waals surface area (Å²) in [4.78, 5) is 12.0. The van der Waals surface area contributed by atoms with Crippen LogP contribution in [0.25, 0.3) is 0 Å². The summed E-state index contributed by atoms with van der Waals surface area (Å²) in [6, 6.07) is 5.72. The third kappa shape index (κ3) is 3.66. The zero-order valence-corrected chi connectivity index (χ0v) is 12.4. The van der Waals surface area contributed by atoms with E-state index >= 15 is 0 Å². The molecule has 2 rings (SSSR count). The van der Waals surface area contributed by atoms with E-state index in [0.29, 0.717) is 5.82 Å². The molecular weight excluding hydrogens is 295 g/mol. The molecule has 2 aromatic rings. The molecule has 0 radical (unpaired) electrons. The van der Waals surface area contributed by atoms with Gasteiger partial charge in [-0.15, -0.1) is 0 Å². The smallest absolute Gasteiger partial charge is 0.305 e. The van der Waals surface area contributed by atoms with Crippen LogP contribution in [0.5, 0.6) is 0 Å². The van der Waals surface area contributed by atoms with Gasteiger partial charge in [0.05, 0.1) is 5.56 Å². The lowest BCUT2D eigenvalue weighted by atomic mass is 9.92. The molecule has 0 aliphatic rings. The molecule has 0 spiro atoms. The summed E-state index contributed by atoms with van der Waals surface area (Å²) in [7, 11) is 0. The summed E-state index contributed by atoms with van der Waals surface area (Å²) in [5.41, 5.74) is 0.0343. The minimum absolute atomic E-state index is 0.133. The molecule has 1 heterocycles. The van der Waals surface area contributed by atoms with Crippen LogP contribution in [0.4, 0.5) is 19.0 Å². The fourth-order valence-electron chi connectivity index (χ4n) is 1.77. The molecule has 1 amide bonds. The number of amides is 1. The maximum Gasteiger partial charge on any atom is 0.416 e. The number of anilines is 1. The molecule has 7 heteroatoms. The number of alkyl halides is 3. The SMILES string of the molecule is CC(C)(C)c1cc(NC(=O)c2ccc(C(F)(F)F)cc2)n[nH]1. The van der Waals surface area contributed by atoms with Gasteiger partial charge in [0.25, 0.3) is 5.91 Å². The Balaban J connectivity index is 2.11. The van der Waals surface area contributed by atoms with Crippen molar-refractivity contribution in [3.63, 3.8) is 0 Å². The van der Waals surface area contributed by atoms with Gasteiger partial charge in [0.1, 0.15) is 0 Å². The predicted octanol–water partition coefficient (Wildman–Crippen LogP) is 3.98. The van der Waals surface area contributed by atoms with Gasteiger partial charge in [-0.05, 0) is 24.3 Å². The average molecular weight is 311 g/mol. The molecule has 0 saturated carbocycles. The minimum Gasteiger partial charge on any atom is -0.305 e. The molecule has 0 aliphatic heterocycles. The summed E-state index contributed by atoms with van der Waals surface area (Å²) in [5.74, 6) is -0.185. The van der Waals surface area contributed by atoms with Crippen molar-refractivity contribution < 1.29 is 18.0 Å². The second-order valence-electron chi connectivity index (χ2n) is 5.95. The van der Waals surface area contributed by atoms with Crippen molar-refractivity contribution in [2.75, 3.05) is 5.32 Å². The van der Waals surface area contributed by atoms with Gasteiger partial charge in [-0.2, -0.15) is 18.3 Å². The first-order valence-corrected chi connectivity index (χ1v) is 6.62. The van der Waals surface area contributed by atoms with Crippen molar-refractivity contribution in [1.29, 1.82) is 0 Å². The van der Waals surface area contributed by atoms with E-state index in [9.17, 15) is 18.0 Å². The Morgan fingerprint density at radius 2 is 1.73 bits per heavy atom. The van der Waals surface area contributed by atoms with Crippen LogP contribution in [0, 0.1) is 0 Å². The van der Waals surface area contributed by atoms with Crippen molar-refractivity contribution >= 4 is 11.7 Å². The van der Waals surface area contributed by atoms with Crippen molar-refractivity contribution in [2.24, 2.45) is 0 Å². The van der Waals surface area contributed by atoms with Crippen LogP contribution in [0.15, 0.2) is 30.3 Å². The normalized spacial score (nSPS) is 12.3. The van der Waals surface area contributed by atoms with Crippen LogP contribution in [0.3, 0.4) is 0 Å². The van der Waals surface area contributed by atoms with Crippen LogP contribution >= 0.6 is 0 Å². The lowest BCUT2D eigenvalue weighted by molar-refractivity contribution is -0.137. The number of hydrogen-bond acceptors (Lipinski definition) is 2. The highest BCUT2D eigenvalue weighted by molar-refractivity contribution is 6.03. The lowest BCUT2D eigenvalue weighted by Crippen LogP contribution is -2.13. The molecule has 118 valence electrons. The fraction of sp³-hybridized carbons (Fsp3) is 0.333. The van der Waals surface area contributed by atoms with Gasteiger partial charge in [-0.1, -0.05) is 20.8 Å². The second-order valence-corrected chi connectivity index (χ2v) is 5.95. The van der Waals surface area contributed by atoms with Crippen molar-refractivity contribution in [3.05, 3.63) is 47.2 Å². The van der Waals surface area contributed by atoms with Gasteiger partial charge in [0, 0.05) is 22.7 Å². The molecule has 0 fully saturated rings. The van der Waals surface area contributed by atoms with E-state index in [1.165, 1.54) is 0 Å². The molecule has 4 nitrogen and oxygen atoms in total. The summed E-state index contributed by atoms with van der Waals surface area (Å²) >= 11 is 0. The third-order valence-electron chi connectivity index (χ3n) is 3.10. The number of halogens is 3. The fourth-order valence-corrected chi connectivity index (χ4v) is 1.77. The number of nitrogens with one attached hydrogen (secondary N) is 2. The van der Waals surface area contributed by atoms with Gasteiger partial charge in [0.2, 0.25) is 0 Å². The largest absolute Gasteiger partial charge is 0.416 e. The van der Waals surface area contributed by atoms with E-state index in [4.69, 9.17) is 0 Å². The van der Waals surface area contributed by atoms with Gasteiger partial charge in [-0.3, -0.25) is 9.89 Å². The van der Waals surface area contributed by atoms with Crippen molar-refractivity contribution in [3.8, 4) is 0 Å². The lowest BCUT2D eigenvalue weighted by Gasteiger charge is -2.14. The van der Waals surface area contributed by atoms with E-state index in [1.54, 1.807) is 6.07 Å². The summed E-state index contributed by atoms with van der Waals surface area (Å²) in [6.45, 7) is 5.96. The summed E-state index contributed by atoms with van der Waals surface area (Å²) in [6.07, 6.45) is -4.42. The van der Waals surface area contributed by atoms with E-state index in [0.717, 1.165) is 30.0 Å². The van der Waals surface area contributed by atoms with Crippen LogP contribution < -0.4 is 5.32 Å². The zero-order chi connectivity index (χ0) is 16.5. The van der Waals surface area contributed by atoms with Crippen LogP contribution in [0.1, 0.15) is 42.4 Å². The molecule has 0 saturated heterocycles. The number of hydrogen-bond donors (Lipinski definition) is 2. The molecule has 22 heavy (non-hydrogen) atoms. The highest BCUT2D eigenvalue weighted by Crippen LogP contribution is 2.29. The Morgan fingerprint density at radius 3 is 2.18 bits per heavy atom. The first-order chi connectivity index (χ1) is 10.1. The number of H-pyrrole nitrogens is 1. The Bertz CT molecular complexity index is 667. The summed E-state index contributed by atoms with van der Waals surface area (Å²) < 4.78 is 37.4. The van der Waals surface area contributed by atoms with E-state index in [2.05, 4.69) is 15.5 Å². The molecule has 0 unspecified atom stereocenters. The Morgan fingerprint density at radius 1 is 1.14 bits per heavy atom. The maximum atomic E-state index is 12.5. The Kier molecular flexibility index (Phi) is 4.00. The van der Waals surface area contributed by atoms with Crippen LogP contribution in [-0.2, 0) is 11.6 Å². The number of aromatic amines is 1. The zero-order valence-electron chi connectivity index (χ0n) is 12.4. The highest BCUT2D eigenvalue weighted by Gasteiger charge is 2.30. The standard InChI is InChI=1S/C15H16F3N3O/c1-14(2,3)11-8-12(21-20-11)19-13(22)9-4-6-10(7-5-9)15(16,17)18/h4-8H,1-3H3,(H2,19,20,21,22). The van der Waals surface area contributed by atoms with E-state index < -0.39 is 17.6 Å². The van der Waals surface area contributed by atoms with E-state index in [-0.39, 0.29) is 11.0 Å². The van der Waals surface area contributed by atoms with Gasteiger partial charge in [-0.25, -0.2) is 0 Å². The molecule has 1 aromatic heterocycles. The molecule has 0 bridgehead atoms. The number of aromatic nitrogens is 2. The van der Waals surface area contributed by atoms with Crippen molar-refractivity contribution in [1.82, 2.24) is 10.2 Å². The van der Waals surface area contributed by atoms with Crippen molar-refractivity contribution in [2.45, 2.75) is 32.4 Å². The van der Waals surface area contributed by atoms with Gasteiger partial charge >= 0.3 is 6.18 Å². The maximum absolute atomic E-state index is 12.5. The first kappa shape index (κ1) is 16.1. The second kappa shape index (κ2) is 5.47. The molecule has 0 atom stereocenters.